The molecule has 206 valence electrons. The molecule has 0 aliphatic heterocycles. The Kier molecular flexibility index (Phi) is 6.33. The molecule has 5 aromatic heterocycles. The molecule has 6 rings (SSSR count). The predicted molar refractivity (Wildman–Crippen MR) is 145 cm³/mol. The van der Waals surface area contributed by atoms with Crippen LogP contribution in [0.15, 0.2) is 73.3 Å². The van der Waals surface area contributed by atoms with Crippen LogP contribution >= 0.6 is 0 Å². The molecule has 0 spiro atoms. The van der Waals surface area contributed by atoms with Gasteiger partial charge < -0.3 is 14.6 Å². The van der Waals surface area contributed by atoms with E-state index in [-0.39, 0.29) is 17.4 Å². The van der Waals surface area contributed by atoms with Gasteiger partial charge in [0, 0.05) is 24.7 Å². The highest BCUT2D eigenvalue weighted by Gasteiger charge is 2.33. The quantitative estimate of drug-likeness (QED) is 0.297. The number of anilines is 1. The third-order valence-electron chi connectivity index (χ3n) is 6.37. The number of benzene rings is 1. The molecular weight excluding hydrogens is 537 g/mol. The van der Waals surface area contributed by atoms with Crippen molar-refractivity contribution in [1.82, 2.24) is 34.1 Å². The number of nitrogens with one attached hydrogen (secondary N) is 1. The number of amides is 1. The third-order valence-corrected chi connectivity index (χ3v) is 6.37. The van der Waals surface area contributed by atoms with Gasteiger partial charge in [0.2, 0.25) is 5.91 Å². The number of pyridine rings is 2. The molecule has 10 nitrogen and oxygen atoms in total. The largest absolute Gasteiger partial charge is 0.497 e. The molecule has 1 N–H and O–H groups in total. The van der Waals surface area contributed by atoms with Gasteiger partial charge in [-0.2, -0.15) is 13.2 Å². The van der Waals surface area contributed by atoms with Gasteiger partial charge in [-0.15, -0.1) is 0 Å². The molecule has 0 atom stereocenters. The number of imidazole rings is 1. The highest BCUT2D eigenvalue weighted by Crippen LogP contribution is 2.31. The molecular formula is C28H21F3N8O2. The molecule has 1 amide bonds. The van der Waals surface area contributed by atoms with Gasteiger partial charge >= 0.3 is 6.18 Å². The maximum atomic E-state index is 13.5. The Morgan fingerprint density at radius 1 is 1.00 bits per heavy atom. The summed E-state index contributed by atoms with van der Waals surface area (Å²) < 4.78 is 49.2. The Bertz CT molecular complexity index is 1910. The second-order valence-corrected chi connectivity index (χ2v) is 9.13. The van der Waals surface area contributed by atoms with E-state index in [1.54, 1.807) is 47.1 Å². The molecule has 0 saturated carbocycles. The Morgan fingerprint density at radius 3 is 2.54 bits per heavy atom. The number of aromatic nitrogens is 7. The van der Waals surface area contributed by atoms with E-state index in [0.29, 0.717) is 46.0 Å². The summed E-state index contributed by atoms with van der Waals surface area (Å²) in [5.41, 5.74) is 1.31. The minimum absolute atomic E-state index is 0.00642. The molecule has 0 bridgehead atoms. The number of fused-ring (bicyclic) bond motifs is 2. The number of hydrogen-bond acceptors (Lipinski definition) is 7. The number of carbonyl (C=O) groups excluding carboxylic acids is 1. The third kappa shape index (κ3) is 4.93. The van der Waals surface area contributed by atoms with Crippen molar-refractivity contribution < 1.29 is 22.7 Å². The molecule has 1 aromatic carbocycles. The SMILES string of the molecule is COc1ccc(Cn2cnc3c(-n4ccc5c(NC(C)=O)nccc54)nc(-c4cccc(C(F)(F)F)n4)nc32)cc1. The zero-order valence-electron chi connectivity index (χ0n) is 21.7. The summed E-state index contributed by atoms with van der Waals surface area (Å²) in [5, 5.41) is 3.35. The van der Waals surface area contributed by atoms with Crippen molar-refractivity contribution in [3.8, 4) is 23.1 Å². The summed E-state index contributed by atoms with van der Waals surface area (Å²) in [4.78, 5) is 33.6. The van der Waals surface area contributed by atoms with Crippen LogP contribution in [0.25, 0.3) is 39.4 Å². The van der Waals surface area contributed by atoms with Crippen molar-refractivity contribution in [2.24, 2.45) is 0 Å². The zero-order valence-corrected chi connectivity index (χ0v) is 21.7. The predicted octanol–water partition coefficient (Wildman–Crippen LogP) is 5.26. The highest BCUT2D eigenvalue weighted by molar-refractivity contribution is 5.99. The molecule has 0 fully saturated rings. The second-order valence-electron chi connectivity index (χ2n) is 9.13. The number of halogens is 3. The highest BCUT2D eigenvalue weighted by atomic mass is 19.4. The molecule has 13 heteroatoms. The lowest BCUT2D eigenvalue weighted by Crippen LogP contribution is -2.10. The van der Waals surface area contributed by atoms with Crippen molar-refractivity contribution in [2.45, 2.75) is 19.6 Å². The molecule has 0 saturated heterocycles. The van der Waals surface area contributed by atoms with Gasteiger partial charge in [-0.05, 0) is 42.0 Å². The van der Waals surface area contributed by atoms with Crippen LogP contribution in [0.3, 0.4) is 0 Å². The average molecular weight is 559 g/mol. The fourth-order valence-electron chi connectivity index (χ4n) is 4.49. The van der Waals surface area contributed by atoms with E-state index >= 15 is 0 Å². The lowest BCUT2D eigenvalue weighted by Gasteiger charge is -2.11. The lowest BCUT2D eigenvalue weighted by atomic mass is 10.2. The van der Waals surface area contributed by atoms with Crippen LogP contribution < -0.4 is 10.1 Å². The first-order valence-corrected chi connectivity index (χ1v) is 12.4. The summed E-state index contributed by atoms with van der Waals surface area (Å²) in [6, 6.07) is 14.6. The van der Waals surface area contributed by atoms with Crippen LogP contribution in [-0.2, 0) is 17.5 Å². The summed E-state index contributed by atoms with van der Waals surface area (Å²) >= 11 is 0. The summed E-state index contributed by atoms with van der Waals surface area (Å²) in [7, 11) is 1.58. The van der Waals surface area contributed by atoms with E-state index in [1.807, 2.05) is 24.3 Å². The van der Waals surface area contributed by atoms with Crippen LogP contribution in [-0.4, -0.2) is 47.1 Å². The van der Waals surface area contributed by atoms with Crippen molar-refractivity contribution in [1.29, 1.82) is 0 Å². The molecule has 41 heavy (non-hydrogen) atoms. The van der Waals surface area contributed by atoms with Crippen LogP contribution in [0.1, 0.15) is 18.2 Å². The van der Waals surface area contributed by atoms with E-state index in [4.69, 9.17) is 4.74 Å². The summed E-state index contributed by atoms with van der Waals surface area (Å²) in [6.07, 6.45) is 0.237. The Balaban J connectivity index is 1.55. The monoisotopic (exact) mass is 558 g/mol. The number of hydrogen-bond donors (Lipinski definition) is 1. The smallest absolute Gasteiger partial charge is 0.433 e. The number of nitrogens with zero attached hydrogens (tertiary/aromatic N) is 7. The van der Waals surface area contributed by atoms with Crippen LogP contribution in [0.5, 0.6) is 5.75 Å². The van der Waals surface area contributed by atoms with Crippen molar-refractivity contribution in [3.63, 3.8) is 0 Å². The first-order chi connectivity index (χ1) is 19.7. The van der Waals surface area contributed by atoms with Gasteiger partial charge in [0.15, 0.2) is 22.8 Å². The number of carbonyl (C=O) groups is 1. The van der Waals surface area contributed by atoms with Gasteiger partial charge in [-0.3, -0.25) is 9.36 Å². The Morgan fingerprint density at radius 2 is 1.80 bits per heavy atom. The van der Waals surface area contributed by atoms with E-state index in [2.05, 4.69) is 30.2 Å². The molecule has 0 aliphatic carbocycles. The molecule has 0 radical (unpaired) electrons. The zero-order chi connectivity index (χ0) is 28.7. The number of ether oxygens (including phenoxy) is 1. The molecule has 6 aromatic rings. The lowest BCUT2D eigenvalue weighted by molar-refractivity contribution is -0.141. The van der Waals surface area contributed by atoms with E-state index < -0.39 is 11.9 Å². The topological polar surface area (TPSA) is 113 Å². The van der Waals surface area contributed by atoms with Crippen LogP contribution in [0.2, 0.25) is 0 Å². The van der Waals surface area contributed by atoms with Crippen molar-refractivity contribution >= 4 is 33.8 Å². The molecule has 5 heterocycles. The van der Waals surface area contributed by atoms with E-state index in [9.17, 15) is 18.0 Å². The van der Waals surface area contributed by atoms with Gasteiger partial charge in [0.25, 0.3) is 0 Å². The first kappa shape index (κ1) is 25.9. The van der Waals surface area contributed by atoms with Crippen molar-refractivity contribution in [2.75, 3.05) is 12.4 Å². The fraction of sp³-hybridized carbons (Fsp3) is 0.143. The van der Waals surface area contributed by atoms with Crippen molar-refractivity contribution in [3.05, 3.63) is 84.6 Å². The minimum Gasteiger partial charge on any atom is -0.497 e. The average Bonchev–Trinajstić information content (AvgIpc) is 3.57. The second kappa shape index (κ2) is 10.0. The van der Waals surface area contributed by atoms with E-state index in [1.165, 1.54) is 19.1 Å². The number of methoxy groups -OCH3 is 1. The number of rotatable bonds is 6. The van der Waals surface area contributed by atoms with Gasteiger partial charge in [0.05, 0.1) is 25.5 Å². The first-order valence-electron chi connectivity index (χ1n) is 12.4. The maximum absolute atomic E-state index is 13.5. The fourth-order valence-corrected chi connectivity index (χ4v) is 4.49. The maximum Gasteiger partial charge on any atom is 0.433 e. The number of alkyl halides is 3. The van der Waals surface area contributed by atoms with E-state index in [0.717, 1.165) is 11.6 Å². The standard InChI is InChI=1S/C28H21F3N8O2/c1-16(40)34-24-19-11-13-39(21(19)10-12-32-24)27-23-26(38(15-33-23)14-17-6-8-18(41-2)9-7-17)36-25(37-27)20-4-3-5-22(35-20)28(29,30)31/h3-13,15H,14H2,1-2H3,(H,32,34,40). The minimum atomic E-state index is -4.64. The van der Waals surface area contributed by atoms with Gasteiger partial charge in [-0.25, -0.2) is 24.9 Å². The summed E-state index contributed by atoms with van der Waals surface area (Å²) in [5.74, 6) is 1.11. The van der Waals surface area contributed by atoms with Gasteiger partial charge in [0.1, 0.15) is 23.0 Å². The van der Waals surface area contributed by atoms with Gasteiger partial charge in [-0.1, -0.05) is 18.2 Å². The van der Waals surface area contributed by atoms with Crippen LogP contribution in [0.4, 0.5) is 19.0 Å². The van der Waals surface area contributed by atoms with Crippen LogP contribution in [0, 0.1) is 0 Å². The molecule has 0 unspecified atom stereocenters. The Labute approximate surface area is 230 Å². The molecule has 0 aliphatic rings. The summed E-state index contributed by atoms with van der Waals surface area (Å²) in [6.45, 7) is 1.77. The Hall–Kier alpha value is -5.33. The normalized spacial score (nSPS) is 11.7.